The van der Waals surface area contributed by atoms with Crippen LogP contribution in [0.1, 0.15) is 0 Å². The van der Waals surface area contributed by atoms with E-state index in [-0.39, 0.29) is 0 Å². The lowest BCUT2D eigenvalue weighted by molar-refractivity contribution is 0.323. The first-order valence-corrected chi connectivity index (χ1v) is 10.7. The fraction of sp³-hybridized carbons (Fsp3) is 0.222. The Kier molecular flexibility index (Phi) is 6.68. The molecule has 1 aliphatic heterocycles. The number of thioether (sulfide) groups is 1. The summed E-state index contributed by atoms with van der Waals surface area (Å²) in [5, 5.41) is 2.63. The molecule has 0 spiro atoms. The lowest BCUT2D eigenvalue weighted by atomic mass is 10.3. The average Bonchev–Trinajstić information content (AvgIpc) is 2.85. The summed E-state index contributed by atoms with van der Waals surface area (Å²) in [5.41, 5.74) is 0. The van der Waals surface area contributed by atoms with Crippen LogP contribution in [0.3, 0.4) is 0 Å². The SMILES string of the molecule is C1=C(COc2ccccc2)SC(COc2ccccc2)CSS1. The molecule has 2 aromatic rings. The minimum atomic E-state index is 0.431. The molecule has 5 heteroatoms. The molecule has 0 radical (unpaired) electrons. The van der Waals surface area contributed by atoms with Gasteiger partial charge in [-0.15, -0.1) is 11.8 Å². The van der Waals surface area contributed by atoms with Gasteiger partial charge >= 0.3 is 0 Å². The molecule has 2 aromatic carbocycles. The number of rotatable bonds is 6. The van der Waals surface area contributed by atoms with E-state index in [1.54, 1.807) is 10.8 Å². The van der Waals surface area contributed by atoms with Crippen LogP contribution in [0.2, 0.25) is 0 Å². The summed E-state index contributed by atoms with van der Waals surface area (Å²) in [6.45, 7) is 1.33. The Balaban J connectivity index is 1.50. The molecule has 1 atom stereocenters. The number of para-hydroxylation sites is 2. The van der Waals surface area contributed by atoms with Crippen molar-refractivity contribution in [1.29, 1.82) is 0 Å². The predicted octanol–water partition coefficient (Wildman–Crippen LogP) is 5.48. The van der Waals surface area contributed by atoms with E-state index in [1.807, 2.05) is 83.2 Å². The van der Waals surface area contributed by atoms with Crippen LogP contribution in [0.5, 0.6) is 11.5 Å². The summed E-state index contributed by atoms with van der Waals surface area (Å²) in [7, 11) is 3.65. The highest BCUT2D eigenvalue weighted by molar-refractivity contribution is 8.78. The van der Waals surface area contributed by atoms with E-state index in [1.165, 1.54) is 4.91 Å². The molecule has 23 heavy (non-hydrogen) atoms. The Morgan fingerprint density at radius 3 is 2.22 bits per heavy atom. The third kappa shape index (κ3) is 5.75. The first-order valence-electron chi connectivity index (χ1n) is 7.40. The monoisotopic (exact) mass is 362 g/mol. The lowest BCUT2D eigenvalue weighted by Crippen LogP contribution is -2.17. The van der Waals surface area contributed by atoms with E-state index in [9.17, 15) is 0 Å². The van der Waals surface area contributed by atoms with Gasteiger partial charge in [0.05, 0.1) is 5.25 Å². The number of ether oxygens (including phenoxy) is 2. The van der Waals surface area contributed by atoms with Crippen molar-refractivity contribution in [1.82, 2.24) is 0 Å². The van der Waals surface area contributed by atoms with E-state index in [2.05, 4.69) is 5.41 Å². The average molecular weight is 363 g/mol. The van der Waals surface area contributed by atoms with E-state index in [4.69, 9.17) is 9.47 Å². The van der Waals surface area contributed by atoms with E-state index in [0.29, 0.717) is 18.5 Å². The molecule has 1 unspecified atom stereocenters. The van der Waals surface area contributed by atoms with Gasteiger partial charge in [-0.1, -0.05) is 58.0 Å². The van der Waals surface area contributed by atoms with Gasteiger partial charge in [0.2, 0.25) is 0 Å². The maximum atomic E-state index is 5.90. The summed E-state index contributed by atoms with van der Waals surface area (Å²) < 4.78 is 11.8. The molecule has 0 bridgehead atoms. The van der Waals surface area contributed by atoms with Gasteiger partial charge in [-0.25, -0.2) is 0 Å². The highest BCUT2D eigenvalue weighted by atomic mass is 33.1. The second-order valence-electron chi connectivity index (χ2n) is 4.93. The molecule has 1 heterocycles. The molecule has 0 aromatic heterocycles. The van der Waals surface area contributed by atoms with Crippen LogP contribution in [0.4, 0.5) is 0 Å². The Bertz CT molecular complexity index is 617. The van der Waals surface area contributed by atoms with Gasteiger partial charge in [0.15, 0.2) is 0 Å². The molecule has 0 saturated heterocycles. The number of hydrogen-bond acceptors (Lipinski definition) is 5. The van der Waals surface area contributed by atoms with Gasteiger partial charge in [-0.05, 0) is 29.7 Å². The lowest BCUT2D eigenvalue weighted by Gasteiger charge is -2.16. The van der Waals surface area contributed by atoms with Crippen LogP contribution in [0, 0.1) is 0 Å². The van der Waals surface area contributed by atoms with Crippen LogP contribution in [-0.4, -0.2) is 24.2 Å². The summed E-state index contributed by atoms with van der Waals surface area (Å²) in [4.78, 5) is 1.26. The van der Waals surface area contributed by atoms with Crippen LogP contribution < -0.4 is 9.47 Å². The van der Waals surface area contributed by atoms with Crippen molar-refractivity contribution in [2.24, 2.45) is 0 Å². The zero-order valence-electron chi connectivity index (χ0n) is 12.6. The van der Waals surface area contributed by atoms with E-state index in [0.717, 1.165) is 17.3 Å². The number of hydrogen-bond donors (Lipinski definition) is 0. The molecule has 0 aliphatic carbocycles. The van der Waals surface area contributed by atoms with Crippen molar-refractivity contribution in [3.05, 3.63) is 71.0 Å². The fourth-order valence-corrected chi connectivity index (χ4v) is 5.83. The second kappa shape index (κ2) is 9.21. The van der Waals surface area contributed by atoms with Gasteiger partial charge in [-0.2, -0.15) is 0 Å². The summed E-state index contributed by atoms with van der Waals surface area (Å²) in [5.74, 6) is 2.90. The molecular formula is C18H18O2S3. The molecule has 1 aliphatic rings. The maximum Gasteiger partial charge on any atom is 0.120 e. The standard InChI is InChI=1S/C18H18O2S3/c1-3-7-15(8-4-1)19-11-17-13-21-22-14-18(23-17)12-20-16-9-5-2-6-10-16/h1-10,13,18H,11-12,14H2. The smallest absolute Gasteiger partial charge is 0.120 e. The van der Waals surface area contributed by atoms with Crippen molar-refractivity contribution in [3.63, 3.8) is 0 Å². The summed E-state index contributed by atoms with van der Waals surface area (Å²) in [6, 6.07) is 19.9. The minimum absolute atomic E-state index is 0.431. The third-order valence-electron chi connectivity index (χ3n) is 3.12. The molecular weight excluding hydrogens is 344 g/mol. The van der Waals surface area contributed by atoms with Gasteiger partial charge in [0.25, 0.3) is 0 Å². The highest BCUT2D eigenvalue weighted by Crippen LogP contribution is 2.37. The third-order valence-corrected chi connectivity index (χ3v) is 6.82. The topological polar surface area (TPSA) is 18.5 Å². The van der Waals surface area contributed by atoms with Crippen molar-refractivity contribution in [3.8, 4) is 11.5 Å². The Morgan fingerprint density at radius 2 is 1.52 bits per heavy atom. The quantitative estimate of drug-likeness (QED) is 0.631. The van der Waals surface area contributed by atoms with Gasteiger partial charge in [-0.3, -0.25) is 0 Å². The Labute approximate surface area is 149 Å². The van der Waals surface area contributed by atoms with Crippen LogP contribution in [-0.2, 0) is 0 Å². The van der Waals surface area contributed by atoms with E-state index < -0.39 is 0 Å². The summed E-state index contributed by atoms with van der Waals surface area (Å²) >= 11 is 1.86. The van der Waals surface area contributed by atoms with Crippen LogP contribution in [0.15, 0.2) is 71.0 Å². The van der Waals surface area contributed by atoms with Crippen molar-refractivity contribution in [2.45, 2.75) is 5.25 Å². The number of benzene rings is 2. The van der Waals surface area contributed by atoms with Gasteiger partial charge < -0.3 is 9.47 Å². The minimum Gasteiger partial charge on any atom is -0.492 e. The first-order chi connectivity index (χ1) is 11.4. The second-order valence-corrected chi connectivity index (χ2v) is 8.64. The van der Waals surface area contributed by atoms with Crippen molar-refractivity contribution < 1.29 is 9.47 Å². The van der Waals surface area contributed by atoms with E-state index >= 15 is 0 Å². The predicted molar refractivity (Wildman–Crippen MR) is 103 cm³/mol. The van der Waals surface area contributed by atoms with Crippen LogP contribution in [0.25, 0.3) is 0 Å². The molecule has 0 fully saturated rings. The molecule has 0 saturated carbocycles. The van der Waals surface area contributed by atoms with Gasteiger partial charge in [0.1, 0.15) is 24.7 Å². The maximum absolute atomic E-state index is 5.90. The molecule has 120 valence electrons. The molecule has 3 rings (SSSR count). The van der Waals surface area contributed by atoms with Crippen molar-refractivity contribution >= 4 is 33.3 Å². The highest BCUT2D eigenvalue weighted by Gasteiger charge is 2.17. The fourth-order valence-electron chi connectivity index (χ4n) is 2.01. The van der Waals surface area contributed by atoms with Gasteiger partial charge in [0, 0.05) is 10.7 Å². The zero-order valence-corrected chi connectivity index (χ0v) is 15.0. The molecule has 0 N–H and O–H groups in total. The zero-order chi connectivity index (χ0) is 15.7. The normalized spacial score (nSPS) is 17.9. The van der Waals surface area contributed by atoms with Crippen LogP contribution >= 0.6 is 33.3 Å². The Hall–Kier alpha value is -1.17. The Morgan fingerprint density at radius 1 is 0.870 bits per heavy atom. The molecule has 0 amide bonds. The van der Waals surface area contributed by atoms with Crippen molar-refractivity contribution in [2.75, 3.05) is 19.0 Å². The summed E-state index contributed by atoms with van der Waals surface area (Å²) in [6.07, 6.45) is 0. The first kappa shape index (κ1) is 16.7. The largest absolute Gasteiger partial charge is 0.492 e. The molecule has 2 nitrogen and oxygen atoms in total.